The maximum atomic E-state index is 5.34. The molecule has 2 heteroatoms. The van der Waals surface area contributed by atoms with Crippen LogP contribution in [0.4, 0.5) is 0 Å². The van der Waals surface area contributed by atoms with Gasteiger partial charge in [-0.3, -0.25) is 4.98 Å². The molecule has 1 rings (SSSR count). The van der Waals surface area contributed by atoms with Crippen molar-refractivity contribution in [1.82, 2.24) is 4.98 Å². The minimum absolute atomic E-state index is 0.481. The molecule has 0 aromatic carbocycles. The van der Waals surface area contributed by atoms with E-state index in [0.29, 0.717) is 5.69 Å². The highest BCUT2D eigenvalue weighted by molar-refractivity contribution is 5.23. The van der Waals surface area contributed by atoms with Crippen LogP contribution in [-0.4, -0.2) is 12.1 Å². The van der Waals surface area contributed by atoms with E-state index in [1.807, 2.05) is 0 Å². The second-order valence-corrected chi connectivity index (χ2v) is 1.62. The zero-order chi connectivity index (χ0) is 6.69. The SMILES string of the molecule is [CH]c1cc(OC)ccn1. The summed E-state index contributed by atoms with van der Waals surface area (Å²) in [7, 11) is 1.59. The van der Waals surface area contributed by atoms with Crippen molar-refractivity contribution < 1.29 is 4.74 Å². The van der Waals surface area contributed by atoms with Crippen LogP contribution >= 0.6 is 0 Å². The third kappa shape index (κ3) is 1.42. The average Bonchev–Trinajstić information content (AvgIpc) is 1.88. The highest BCUT2D eigenvalue weighted by atomic mass is 16.5. The Morgan fingerprint density at radius 1 is 1.67 bits per heavy atom. The Morgan fingerprint density at radius 3 is 2.89 bits per heavy atom. The second-order valence-electron chi connectivity index (χ2n) is 1.62. The Morgan fingerprint density at radius 2 is 2.44 bits per heavy atom. The Labute approximate surface area is 54.5 Å². The lowest BCUT2D eigenvalue weighted by Gasteiger charge is -1.96. The molecule has 0 aliphatic carbocycles. The summed E-state index contributed by atoms with van der Waals surface area (Å²) in [6, 6.07) is 3.41. The molecule has 1 heterocycles. The number of hydrogen-bond donors (Lipinski definition) is 0. The molecule has 46 valence electrons. The van der Waals surface area contributed by atoms with Gasteiger partial charge in [-0.15, -0.1) is 0 Å². The van der Waals surface area contributed by atoms with E-state index >= 15 is 0 Å². The van der Waals surface area contributed by atoms with E-state index in [-0.39, 0.29) is 0 Å². The number of methoxy groups -OCH3 is 1. The van der Waals surface area contributed by atoms with Crippen molar-refractivity contribution in [3.8, 4) is 5.75 Å². The van der Waals surface area contributed by atoms with Crippen molar-refractivity contribution in [1.29, 1.82) is 0 Å². The van der Waals surface area contributed by atoms with Gasteiger partial charge < -0.3 is 4.74 Å². The largest absolute Gasteiger partial charge is 0.497 e. The van der Waals surface area contributed by atoms with Crippen LogP contribution in [0.1, 0.15) is 5.69 Å². The molecule has 0 amide bonds. The molecule has 0 saturated heterocycles. The summed E-state index contributed by atoms with van der Waals surface area (Å²) in [5, 5.41) is 0. The molecule has 0 saturated carbocycles. The van der Waals surface area contributed by atoms with Gasteiger partial charge in [0.1, 0.15) is 5.75 Å². The van der Waals surface area contributed by atoms with Crippen molar-refractivity contribution in [3.05, 3.63) is 30.9 Å². The van der Waals surface area contributed by atoms with E-state index in [9.17, 15) is 0 Å². The van der Waals surface area contributed by atoms with Crippen LogP contribution in [0.3, 0.4) is 0 Å². The second kappa shape index (κ2) is 2.49. The summed E-state index contributed by atoms with van der Waals surface area (Å²) in [6.45, 7) is 5.34. The van der Waals surface area contributed by atoms with Gasteiger partial charge in [0.15, 0.2) is 0 Å². The zero-order valence-corrected chi connectivity index (χ0v) is 5.16. The summed E-state index contributed by atoms with van der Waals surface area (Å²) in [5.41, 5.74) is 0.481. The number of hydrogen-bond acceptors (Lipinski definition) is 2. The summed E-state index contributed by atoms with van der Waals surface area (Å²) >= 11 is 0. The van der Waals surface area contributed by atoms with Crippen molar-refractivity contribution in [2.45, 2.75) is 0 Å². The number of nitrogens with zero attached hydrogens (tertiary/aromatic N) is 1. The molecule has 0 atom stereocenters. The highest BCUT2D eigenvalue weighted by Gasteiger charge is 1.88. The number of rotatable bonds is 1. The molecule has 0 unspecified atom stereocenters. The molecule has 0 spiro atoms. The topological polar surface area (TPSA) is 22.1 Å². The molecule has 2 nitrogen and oxygen atoms in total. The molecule has 9 heavy (non-hydrogen) atoms. The van der Waals surface area contributed by atoms with Gasteiger partial charge in [-0.05, 0) is 6.07 Å². The first-order valence-electron chi connectivity index (χ1n) is 2.58. The molecule has 1 aromatic heterocycles. The van der Waals surface area contributed by atoms with Crippen LogP contribution in [0.15, 0.2) is 18.3 Å². The van der Waals surface area contributed by atoms with Crippen molar-refractivity contribution in [2.75, 3.05) is 7.11 Å². The van der Waals surface area contributed by atoms with Gasteiger partial charge in [-0.2, -0.15) is 0 Å². The Balaban J connectivity index is 2.94. The number of pyridine rings is 1. The normalized spacial score (nSPS) is 9.11. The van der Waals surface area contributed by atoms with E-state index < -0.39 is 0 Å². The first kappa shape index (κ1) is 6.08. The van der Waals surface area contributed by atoms with Crippen LogP contribution < -0.4 is 4.74 Å². The molecule has 0 bridgehead atoms. The van der Waals surface area contributed by atoms with Gasteiger partial charge in [0, 0.05) is 24.9 Å². The van der Waals surface area contributed by atoms with Gasteiger partial charge in [-0.25, -0.2) is 0 Å². The van der Waals surface area contributed by atoms with E-state index in [1.165, 1.54) is 0 Å². The zero-order valence-electron chi connectivity index (χ0n) is 5.16. The standard InChI is InChI=1S/C7H7NO/c1-6-5-7(9-2)3-4-8-6/h1,3-5H,2H3. The third-order valence-corrected chi connectivity index (χ3v) is 0.988. The van der Waals surface area contributed by atoms with Gasteiger partial charge in [0.05, 0.1) is 7.11 Å². The van der Waals surface area contributed by atoms with Crippen LogP contribution in [-0.2, 0) is 0 Å². The molecular weight excluding hydrogens is 114 g/mol. The Hall–Kier alpha value is -1.05. The fraction of sp³-hybridized carbons (Fsp3) is 0.143. The third-order valence-electron chi connectivity index (χ3n) is 0.988. The van der Waals surface area contributed by atoms with Crippen molar-refractivity contribution >= 4 is 0 Å². The predicted molar refractivity (Wildman–Crippen MR) is 34.2 cm³/mol. The lowest BCUT2D eigenvalue weighted by molar-refractivity contribution is 0.414. The Bertz CT molecular complexity index is 198. The fourth-order valence-corrected chi connectivity index (χ4v) is 0.555. The molecule has 2 radical (unpaired) electrons. The minimum Gasteiger partial charge on any atom is -0.497 e. The summed E-state index contributed by atoms with van der Waals surface area (Å²) < 4.78 is 4.88. The van der Waals surface area contributed by atoms with Crippen LogP contribution in [0.5, 0.6) is 5.75 Å². The minimum atomic E-state index is 0.481. The highest BCUT2D eigenvalue weighted by Crippen LogP contribution is 2.07. The van der Waals surface area contributed by atoms with E-state index in [0.717, 1.165) is 5.75 Å². The first-order valence-corrected chi connectivity index (χ1v) is 2.58. The lowest BCUT2D eigenvalue weighted by Crippen LogP contribution is -1.84. The van der Waals surface area contributed by atoms with Gasteiger partial charge in [0.2, 0.25) is 0 Å². The van der Waals surface area contributed by atoms with Gasteiger partial charge >= 0.3 is 0 Å². The predicted octanol–water partition coefficient (Wildman–Crippen LogP) is 1.15. The smallest absolute Gasteiger partial charge is 0.122 e. The fourth-order valence-electron chi connectivity index (χ4n) is 0.555. The molecular formula is C7H7NO. The summed E-state index contributed by atoms with van der Waals surface area (Å²) in [6.07, 6.45) is 1.61. The maximum Gasteiger partial charge on any atom is 0.122 e. The van der Waals surface area contributed by atoms with E-state index in [2.05, 4.69) is 4.98 Å². The molecule has 1 aromatic rings. The van der Waals surface area contributed by atoms with E-state index in [1.54, 1.807) is 25.4 Å². The summed E-state index contributed by atoms with van der Waals surface area (Å²) in [5.74, 6) is 0.738. The van der Waals surface area contributed by atoms with Crippen LogP contribution in [0.2, 0.25) is 0 Å². The summed E-state index contributed by atoms with van der Waals surface area (Å²) in [4.78, 5) is 3.79. The molecule has 0 aliphatic heterocycles. The molecule has 0 N–H and O–H groups in total. The maximum absolute atomic E-state index is 5.34. The monoisotopic (exact) mass is 121 g/mol. The van der Waals surface area contributed by atoms with Crippen LogP contribution in [0, 0.1) is 6.92 Å². The molecule has 0 fully saturated rings. The van der Waals surface area contributed by atoms with E-state index in [4.69, 9.17) is 11.7 Å². The Kier molecular flexibility index (Phi) is 1.68. The molecule has 0 aliphatic rings. The number of ether oxygens (including phenoxy) is 1. The average molecular weight is 121 g/mol. The van der Waals surface area contributed by atoms with Gasteiger partial charge in [-0.1, -0.05) is 0 Å². The number of aromatic nitrogens is 1. The van der Waals surface area contributed by atoms with Gasteiger partial charge in [0.25, 0.3) is 0 Å². The van der Waals surface area contributed by atoms with Crippen molar-refractivity contribution in [3.63, 3.8) is 0 Å². The van der Waals surface area contributed by atoms with Crippen molar-refractivity contribution in [2.24, 2.45) is 0 Å². The quantitative estimate of drug-likeness (QED) is 0.556. The first-order chi connectivity index (χ1) is 4.33. The lowest BCUT2D eigenvalue weighted by atomic mass is 10.4. The van der Waals surface area contributed by atoms with Crippen LogP contribution in [0.25, 0.3) is 0 Å².